The van der Waals surface area contributed by atoms with Crippen molar-refractivity contribution in [3.63, 3.8) is 0 Å². The molecular weight excluding hydrogens is 380 g/mol. The summed E-state index contributed by atoms with van der Waals surface area (Å²) in [6.07, 6.45) is 2.64. The minimum Gasteiger partial charge on any atom is -0.360 e. The highest BCUT2D eigenvalue weighted by molar-refractivity contribution is 7.89. The summed E-state index contributed by atoms with van der Waals surface area (Å²) < 4.78 is 33.9. The van der Waals surface area contributed by atoms with E-state index in [1.165, 1.54) is 4.31 Å². The molecule has 0 bridgehead atoms. The molecule has 0 aromatic carbocycles. The fourth-order valence-corrected chi connectivity index (χ4v) is 5.26. The third kappa shape index (κ3) is 3.95. The number of hydrogen-bond acceptors (Lipinski definition) is 6. The number of rotatable bonds is 4. The molecule has 1 saturated heterocycles. The van der Waals surface area contributed by atoms with Crippen LogP contribution < -0.4 is 5.49 Å². The Balaban J connectivity index is 1.77. The molecule has 8 nitrogen and oxygen atoms in total. The molecule has 28 heavy (non-hydrogen) atoms. The monoisotopic (exact) mass is 406 g/mol. The third-order valence-electron chi connectivity index (χ3n) is 4.84. The van der Waals surface area contributed by atoms with Crippen LogP contribution in [0.3, 0.4) is 0 Å². The van der Waals surface area contributed by atoms with Crippen molar-refractivity contribution in [2.45, 2.75) is 51.5 Å². The highest BCUT2D eigenvalue weighted by Crippen LogP contribution is 2.28. The first-order chi connectivity index (χ1) is 13.2. The molecule has 0 spiro atoms. The molecular formula is C19H26N4O4S. The summed E-state index contributed by atoms with van der Waals surface area (Å²) in [4.78, 5) is 17.6. The van der Waals surface area contributed by atoms with E-state index in [1.54, 1.807) is 30.7 Å². The molecule has 1 aliphatic rings. The van der Waals surface area contributed by atoms with Crippen LogP contribution in [-0.2, 0) is 10.0 Å². The van der Waals surface area contributed by atoms with E-state index in [2.05, 4.69) is 10.1 Å². The second-order valence-corrected chi connectivity index (χ2v) is 9.20. The van der Waals surface area contributed by atoms with E-state index < -0.39 is 10.0 Å². The molecule has 2 aromatic heterocycles. The van der Waals surface area contributed by atoms with Gasteiger partial charge in [-0.2, -0.15) is 4.31 Å². The summed E-state index contributed by atoms with van der Waals surface area (Å²) in [5.41, 5.74) is 0.976. The minimum atomic E-state index is -3.68. The van der Waals surface area contributed by atoms with Crippen LogP contribution in [0.4, 0.5) is 0 Å². The zero-order valence-corrected chi connectivity index (χ0v) is 17.4. The maximum absolute atomic E-state index is 13.0. The number of carbonyl (C=O) groups excluding carboxylic acids is 1. The lowest BCUT2D eigenvalue weighted by molar-refractivity contribution is 0.0781. The molecule has 0 atom stereocenters. The van der Waals surface area contributed by atoms with Gasteiger partial charge in [0.2, 0.25) is 15.9 Å². The van der Waals surface area contributed by atoms with E-state index in [0.717, 1.165) is 0 Å². The summed E-state index contributed by atoms with van der Waals surface area (Å²) in [5.74, 6) is -0.00509. The van der Waals surface area contributed by atoms with Crippen molar-refractivity contribution >= 4 is 15.9 Å². The number of carbonyl (C=O) groups is 1. The van der Waals surface area contributed by atoms with E-state index in [1.807, 2.05) is 26.0 Å². The average molecular weight is 407 g/mol. The largest absolute Gasteiger partial charge is 0.360 e. The van der Waals surface area contributed by atoms with Gasteiger partial charge in [0.05, 0.1) is 0 Å². The highest BCUT2D eigenvalue weighted by atomic mass is 32.2. The van der Waals surface area contributed by atoms with Crippen LogP contribution in [-0.4, -0.2) is 47.5 Å². The van der Waals surface area contributed by atoms with Gasteiger partial charge in [0.15, 0.2) is 5.76 Å². The van der Waals surface area contributed by atoms with Gasteiger partial charge < -0.3 is 4.52 Å². The first-order valence-electron chi connectivity index (χ1n) is 9.40. The Morgan fingerprint density at radius 3 is 2.50 bits per heavy atom. The van der Waals surface area contributed by atoms with Crippen molar-refractivity contribution in [1.29, 1.82) is 0 Å². The molecule has 2 aromatic rings. The number of sulfonamides is 1. The molecule has 1 aliphatic heterocycles. The fourth-order valence-electron chi connectivity index (χ4n) is 3.50. The Morgan fingerprint density at radius 1 is 1.25 bits per heavy atom. The van der Waals surface area contributed by atoms with Crippen LogP contribution in [0.25, 0.3) is 0 Å². The predicted octanol–water partition coefficient (Wildman–Crippen LogP) is 2.14. The van der Waals surface area contributed by atoms with Crippen LogP contribution in [0.1, 0.15) is 42.9 Å². The third-order valence-corrected chi connectivity index (χ3v) is 6.98. The summed E-state index contributed by atoms with van der Waals surface area (Å²) in [7, 11) is -3.68. The molecule has 0 N–H and O–H groups in total. The smallest absolute Gasteiger partial charge is 0.248 e. The van der Waals surface area contributed by atoms with Crippen LogP contribution in [0.5, 0.6) is 0 Å². The zero-order chi connectivity index (χ0) is 20.5. The molecule has 0 saturated carbocycles. The molecule has 3 rings (SSSR count). The Bertz CT molecular complexity index is 1010. The SMILES string of the molecule is Cc1noc(C)c1S(=O)(=O)N1CCC(C(=O)n2ccccc2=NC(C)C)CC1. The number of nitrogens with zero attached hydrogens (tertiary/aromatic N) is 4. The first-order valence-corrected chi connectivity index (χ1v) is 10.8. The number of pyridine rings is 1. The van der Waals surface area contributed by atoms with Gasteiger partial charge in [-0.3, -0.25) is 14.4 Å². The molecule has 9 heteroatoms. The average Bonchev–Trinajstić information content (AvgIpc) is 3.00. The van der Waals surface area contributed by atoms with Gasteiger partial charge >= 0.3 is 0 Å². The van der Waals surface area contributed by atoms with Gasteiger partial charge in [-0.05, 0) is 52.7 Å². The predicted molar refractivity (Wildman–Crippen MR) is 103 cm³/mol. The minimum absolute atomic E-state index is 0.0469. The normalized spacial score (nSPS) is 17.4. The summed E-state index contributed by atoms with van der Waals surface area (Å²) >= 11 is 0. The molecule has 3 heterocycles. The van der Waals surface area contributed by atoms with E-state index in [9.17, 15) is 13.2 Å². The lowest BCUT2D eigenvalue weighted by atomic mass is 9.97. The van der Waals surface area contributed by atoms with Crippen LogP contribution in [0.2, 0.25) is 0 Å². The second kappa shape index (κ2) is 8.00. The summed E-state index contributed by atoms with van der Waals surface area (Å²) in [5, 5.41) is 3.74. The number of aryl methyl sites for hydroxylation is 2. The fraction of sp³-hybridized carbons (Fsp3) is 0.526. The quantitative estimate of drug-likeness (QED) is 0.775. The van der Waals surface area contributed by atoms with E-state index in [0.29, 0.717) is 24.0 Å². The van der Waals surface area contributed by atoms with Gasteiger partial charge in [-0.1, -0.05) is 11.2 Å². The van der Waals surface area contributed by atoms with Gasteiger partial charge in [0.1, 0.15) is 16.1 Å². The van der Waals surface area contributed by atoms with Gasteiger partial charge in [0.25, 0.3) is 0 Å². The lowest BCUT2D eigenvalue weighted by Crippen LogP contribution is -2.43. The van der Waals surface area contributed by atoms with Gasteiger partial charge in [-0.15, -0.1) is 0 Å². The summed E-state index contributed by atoms with van der Waals surface area (Å²) in [6.45, 7) is 7.69. The Kier molecular flexibility index (Phi) is 5.85. The zero-order valence-electron chi connectivity index (χ0n) is 16.6. The summed E-state index contributed by atoms with van der Waals surface area (Å²) in [6, 6.07) is 5.54. The first kappa shape index (κ1) is 20.5. The second-order valence-electron chi connectivity index (χ2n) is 7.32. The highest BCUT2D eigenvalue weighted by Gasteiger charge is 2.35. The van der Waals surface area contributed by atoms with Crippen molar-refractivity contribution in [2.75, 3.05) is 13.1 Å². The van der Waals surface area contributed by atoms with E-state index >= 15 is 0 Å². The molecule has 152 valence electrons. The lowest BCUT2D eigenvalue weighted by Gasteiger charge is -2.30. The van der Waals surface area contributed by atoms with Gasteiger partial charge in [-0.25, -0.2) is 8.42 Å². The standard InChI is InChI=1S/C19H26N4O4S/c1-13(2)20-17-7-5-6-10-23(17)19(24)16-8-11-22(12-9-16)28(25,26)18-14(3)21-27-15(18)4/h5-7,10,13,16H,8-9,11-12H2,1-4H3. The number of hydrogen-bond donors (Lipinski definition) is 0. The Labute approximate surface area is 164 Å². The van der Waals surface area contributed by atoms with Crippen molar-refractivity contribution < 1.29 is 17.7 Å². The van der Waals surface area contributed by atoms with Gasteiger partial charge in [0, 0.05) is 31.2 Å². The Morgan fingerprint density at radius 2 is 1.93 bits per heavy atom. The van der Waals surface area contributed by atoms with Crippen LogP contribution in [0.15, 0.2) is 38.8 Å². The van der Waals surface area contributed by atoms with Crippen molar-refractivity contribution in [1.82, 2.24) is 14.0 Å². The van der Waals surface area contributed by atoms with Crippen LogP contribution >= 0.6 is 0 Å². The maximum Gasteiger partial charge on any atom is 0.248 e. The molecule has 0 amide bonds. The molecule has 1 fully saturated rings. The van der Waals surface area contributed by atoms with Crippen molar-refractivity contribution in [2.24, 2.45) is 10.9 Å². The van der Waals surface area contributed by atoms with E-state index in [-0.39, 0.29) is 41.6 Å². The van der Waals surface area contributed by atoms with Crippen molar-refractivity contribution in [3.05, 3.63) is 41.3 Å². The van der Waals surface area contributed by atoms with Crippen LogP contribution in [0, 0.1) is 19.8 Å². The topological polar surface area (TPSA) is 97.8 Å². The molecule has 0 aliphatic carbocycles. The maximum atomic E-state index is 13.0. The molecule has 0 radical (unpaired) electrons. The molecule has 0 unspecified atom stereocenters. The number of piperidine rings is 1. The number of aromatic nitrogens is 2. The van der Waals surface area contributed by atoms with Crippen molar-refractivity contribution in [3.8, 4) is 0 Å². The van der Waals surface area contributed by atoms with E-state index in [4.69, 9.17) is 4.52 Å². The Hall–Kier alpha value is -2.26.